The minimum absolute atomic E-state index is 0.126. The van der Waals surface area contributed by atoms with E-state index in [1.807, 2.05) is 6.92 Å². The number of rotatable bonds is 3. The summed E-state index contributed by atoms with van der Waals surface area (Å²) in [6.07, 6.45) is 9.27. The summed E-state index contributed by atoms with van der Waals surface area (Å²) in [5, 5.41) is 0. The molecule has 0 radical (unpaired) electrons. The van der Waals surface area contributed by atoms with Gasteiger partial charge in [-0.05, 0) is 25.7 Å². The number of aldehydes is 1. The maximum atomic E-state index is 10.7. The quantitative estimate of drug-likeness (QED) is 0.367. The normalized spacial score (nSPS) is 24.2. The number of carbonyl (C=O) groups excluding carboxylic acids is 1. The Morgan fingerprint density at radius 1 is 1.77 bits per heavy atom. The van der Waals surface area contributed by atoms with Crippen LogP contribution in [0.15, 0.2) is 11.1 Å². The first-order valence-corrected chi connectivity index (χ1v) is 4.78. The van der Waals surface area contributed by atoms with Crippen LogP contribution in [0.5, 0.6) is 0 Å². The molecule has 1 rings (SSSR count). The van der Waals surface area contributed by atoms with E-state index in [0.717, 1.165) is 19.1 Å². The molecule has 2 atom stereocenters. The third-order valence-corrected chi connectivity index (χ3v) is 2.97. The lowest BCUT2D eigenvalue weighted by Gasteiger charge is -2.16. The van der Waals surface area contributed by atoms with Crippen molar-refractivity contribution < 1.29 is 4.79 Å². The van der Waals surface area contributed by atoms with Crippen molar-refractivity contribution in [3.05, 3.63) is 11.1 Å². The Bertz CT molecular complexity index is 267. The van der Waals surface area contributed by atoms with E-state index in [9.17, 15) is 4.79 Å². The minimum Gasteiger partial charge on any atom is -0.303 e. The van der Waals surface area contributed by atoms with Crippen LogP contribution in [0.1, 0.15) is 33.1 Å². The summed E-state index contributed by atoms with van der Waals surface area (Å²) in [7, 11) is 0. The molecule has 70 valence electrons. The van der Waals surface area contributed by atoms with Crippen LogP contribution in [0.25, 0.3) is 0 Å². The molecule has 0 saturated heterocycles. The van der Waals surface area contributed by atoms with Crippen molar-refractivity contribution in [2.45, 2.75) is 33.1 Å². The van der Waals surface area contributed by atoms with E-state index < -0.39 is 0 Å². The highest BCUT2D eigenvalue weighted by Crippen LogP contribution is 2.37. The molecule has 0 aromatic rings. The van der Waals surface area contributed by atoms with Crippen LogP contribution in [-0.4, -0.2) is 6.29 Å². The fourth-order valence-electron chi connectivity index (χ4n) is 2.09. The average molecular weight is 176 g/mol. The molecular weight excluding hydrogens is 160 g/mol. The second-order valence-corrected chi connectivity index (χ2v) is 3.83. The van der Waals surface area contributed by atoms with Gasteiger partial charge in [0.25, 0.3) is 0 Å². The van der Waals surface area contributed by atoms with E-state index in [-0.39, 0.29) is 5.92 Å². The zero-order valence-corrected chi connectivity index (χ0v) is 8.34. The first-order chi connectivity index (χ1) is 6.20. The Hall–Kier alpha value is -1.03. The lowest BCUT2D eigenvalue weighted by molar-refractivity contribution is -0.111. The van der Waals surface area contributed by atoms with Crippen molar-refractivity contribution in [1.82, 2.24) is 0 Å². The largest absolute Gasteiger partial charge is 0.303 e. The average Bonchev–Trinajstić information content (AvgIpc) is 2.48. The Labute approximate surface area is 80.2 Å². The Kier molecular flexibility index (Phi) is 3.31. The zero-order chi connectivity index (χ0) is 9.84. The summed E-state index contributed by atoms with van der Waals surface area (Å²) in [6, 6.07) is 0. The highest BCUT2D eigenvalue weighted by Gasteiger charge is 2.26. The van der Waals surface area contributed by atoms with Crippen molar-refractivity contribution in [1.29, 1.82) is 0 Å². The summed E-state index contributed by atoms with van der Waals surface area (Å²) in [5.41, 5.74) is 2.73. The molecule has 0 bridgehead atoms. The minimum atomic E-state index is 0.126. The molecule has 13 heavy (non-hydrogen) atoms. The predicted molar refractivity (Wildman–Crippen MR) is 54.1 cm³/mol. The molecule has 0 aromatic heterocycles. The molecule has 0 N–H and O–H groups in total. The molecule has 0 amide bonds. The molecule has 1 nitrogen and oxygen atoms in total. The monoisotopic (exact) mass is 176 g/mol. The van der Waals surface area contributed by atoms with Crippen molar-refractivity contribution in [2.24, 2.45) is 11.8 Å². The first kappa shape index (κ1) is 10.1. The first-order valence-electron chi connectivity index (χ1n) is 4.78. The topological polar surface area (TPSA) is 17.1 Å². The van der Waals surface area contributed by atoms with Gasteiger partial charge in [-0.1, -0.05) is 18.1 Å². The van der Waals surface area contributed by atoms with Gasteiger partial charge in [-0.15, -0.1) is 12.3 Å². The van der Waals surface area contributed by atoms with E-state index >= 15 is 0 Å². The molecule has 0 heterocycles. The maximum Gasteiger partial charge on any atom is 0.123 e. The summed E-state index contributed by atoms with van der Waals surface area (Å²) >= 11 is 0. The summed E-state index contributed by atoms with van der Waals surface area (Å²) < 4.78 is 0. The molecule has 0 saturated carbocycles. The van der Waals surface area contributed by atoms with Crippen LogP contribution in [0, 0.1) is 24.2 Å². The van der Waals surface area contributed by atoms with Gasteiger partial charge in [0.1, 0.15) is 6.29 Å². The molecule has 2 unspecified atom stereocenters. The second kappa shape index (κ2) is 4.28. The van der Waals surface area contributed by atoms with Crippen LogP contribution in [-0.2, 0) is 4.79 Å². The van der Waals surface area contributed by atoms with Gasteiger partial charge < -0.3 is 4.79 Å². The third kappa shape index (κ3) is 2.01. The maximum absolute atomic E-state index is 10.7. The van der Waals surface area contributed by atoms with Gasteiger partial charge >= 0.3 is 0 Å². The van der Waals surface area contributed by atoms with Crippen LogP contribution >= 0.6 is 0 Å². The fourth-order valence-corrected chi connectivity index (χ4v) is 2.09. The second-order valence-electron chi connectivity index (χ2n) is 3.83. The molecule has 1 aliphatic carbocycles. The van der Waals surface area contributed by atoms with Crippen molar-refractivity contribution in [2.75, 3.05) is 0 Å². The van der Waals surface area contributed by atoms with Gasteiger partial charge in [0.15, 0.2) is 0 Å². The van der Waals surface area contributed by atoms with Gasteiger partial charge in [0.05, 0.1) is 0 Å². The van der Waals surface area contributed by atoms with E-state index in [1.54, 1.807) is 0 Å². The van der Waals surface area contributed by atoms with Crippen LogP contribution in [0.2, 0.25) is 0 Å². The fraction of sp³-hybridized carbons (Fsp3) is 0.583. The Morgan fingerprint density at radius 3 is 3.00 bits per heavy atom. The molecular formula is C12H16O. The lowest BCUT2D eigenvalue weighted by Crippen LogP contribution is -2.12. The van der Waals surface area contributed by atoms with Crippen LogP contribution in [0.3, 0.4) is 0 Å². The van der Waals surface area contributed by atoms with E-state index in [1.165, 1.54) is 11.1 Å². The van der Waals surface area contributed by atoms with Crippen LogP contribution in [0.4, 0.5) is 0 Å². The molecule has 0 aliphatic heterocycles. The zero-order valence-electron chi connectivity index (χ0n) is 8.34. The molecule has 1 aliphatic rings. The number of hydrogen-bond donors (Lipinski definition) is 0. The number of hydrogen-bond acceptors (Lipinski definition) is 1. The predicted octanol–water partition coefficient (Wildman–Crippen LogP) is 2.57. The van der Waals surface area contributed by atoms with Gasteiger partial charge in [-0.3, -0.25) is 0 Å². The van der Waals surface area contributed by atoms with Crippen LogP contribution < -0.4 is 0 Å². The van der Waals surface area contributed by atoms with Gasteiger partial charge in [0.2, 0.25) is 0 Å². The van der Waals surface area contributed by atoms with E-state index in [0.29, 0.717) is 12.3 Å². The van der Waals surface area contributed by atoms with Gasteiger partial charge in [0, 0.05) is 12.3 Å². The van der Waals surface area contributed by atoms with Crippen molar-refractivity contribution >= 4 is 6.29 Å². The highest BCUT2D eigenvalue weighted by molar-refractivity contribution is 5.55. The SMILES string of the molecule is C#CCC1=C(C)CCC1C(C)C=O. The van der Waals surface area contributed by atoms with Crippen molar-refractivity contribution in [3.63, 3.8) is 0 Å². The number of terminal acetylenes is 1. The third-order valence-electron chi connectivity index (χ3n) is 2.97. The molecule has 0 fully saturated rings. The summed E-state index contributed by atoms with van der Waals surface area (Å²) in [4.78, 5) is 10.7. The Morgan fingerprint density at radius 2 is 2.46 bits per heavy atom. The smallest absolute Gasteiger partial charge is 0.123 e. The highest BCUT2D eigenvalue weighted by atomic mass is 16.1. The standard InChI is InChI=1S/C12H16O/c1-4-5-11-9(2)6-7-12(11)10(3)8-13/h1,8,10,12H,5-7H2,2-3H3. The lowest BCUT2D eigenvalue weighted by atomic mass is 9.87. The number of carbonyl (C=O) groups is 1. The van der Waals surface area contributed by atoms with Crippen molar-refractivity contribution in [3.8, 4) is 12.3 Å². The Balaban J connectivity index is 2.79. The van der Waals surface area contributed by atoms with E-state index in [2.05, 4.69) is 12.8 Å². The molecule has 1 heteroatoms. The number of allylic oxidation sites excluding steroid dienone is 2. The molecule has 0 spiro atoms. The van der Waals surface area contributed by atoms with Gasteiger partial charge in [-0.25, -0.2) is 0 Å². The summed E-state index contributed by atoms with van der Waals surface area (Å²) in [6.45, 7) is 4.11. The summed E-state index contributed by atoms with van der Waals surface area (Å²) in [5.74, 6) is 3.21. The molecule has 0 aromatic carbocycles. The van der Waals surface area contributed by atoms with E-state index in [4.69, 9.17) is 6.42 Å². The van der Waals surface area contributed by atoms with Gasteiger partial charge in [-0.2, -0.15) is 0 Å².